The summed E-state index contributed by atoms with van der Waals surface area (Å²) in [6, 6.07) is 2.53. The molecular weight excluding hydrogens is 240 g/mol. The van der Waals surface area contributed by atoms with Gasteiger partial charge in [0, 0.05) is 32.2 Å². The van der Waals surface area contributed by atoms with Crippen LogP contribution in [0.3, 0.4) is 0 Å². The van der Waals surface area contributed by atoms with Crippen molar-refractivity contribution in [3.8, 4) is 6.07 Å². The van der Waals surface area contributed by atoms with Gasteiger partial charge in [0.25, 0.3) is 0 Å². The average Bonchev–Trinajstić information content (AvgIpc) is 2.44. The molecule has 0 radical (unpaired) electrons. The molecule has 0 bridgehead atoms. The van der Waals surface area contributed by atoms with Gasteiger partial charge < -0.3 is 5.32 Å². The Kier molecular flexibility index (Phi) is 6.82. The Morgan fingerprint density at radius 1 is 1.26 bits per heavy atom. The fourth-order valence-corrected chi connectivity index (χ4v) is 2.36. The van der Waals surface area contributed by atoms with E-state index in [4.69, 9.17) is 5.26 Å². The van der Waals surface area contributed by atoms with Crippen LogP contribution in [0.2, 0.25) is 0 Å². The predicted molar refractivity (Wildman–Crippen MR) is 75.6 cm³/mol. The summed E-state index contributed by atoms with van der Waals surface area (Å²) in [6.07, 6.45) is 1.96. The fraction of sp³-hybridized carbons (Fsp3) is 0.857. The van der Waals surface area contributed by atoms with Crippen LogP contribution in [0.1, 0.15) is 33.6 Å². The Morgan fingerprint density at radius 2 is 1.84 bits per heavy atom. The molecule has 1 aliphatic rings. The molecule has 108 valence electrons. The minimum absolute atomic E-state index is 0.0273. The van der Waals surface area contributed by atoms with Crippen LogP contribution in [0.5, 0.6) is 0 Å². The first-order valence-corrected chi connectivity index (χ1v) is 7.26. The third-order valence-corrected chi connectivity index (χ3v) is 3.86. The summed E-state index contributed by atoms with van der Waals surface area (Å²) in [6.45, 7) is 10.1. The van der Waals surface area contributed by atoms with Crippen LogP contribution >= 0.6 is 0 Å². The van der Waals surface area contributed by atoms with Crippen molar-refractivity contribution in [2.24, 2.45) is 0 Å². The van der Waals surface area contributed by atoms with Crippen LogP contribution in [-0.4, -0.2) is 60.5 Å². The van der Waals surface area contributed by atoms with E-state index in [-0.39, 0.29) is 11.9 Å². The van der Waals surface area contributed by atoms with Gasteiger partial charge in [0.05, 0.1) is 18.7 Å². The Labute approximate surface area is 116 Å². The van der Waals surface area contributed by atoms with Crippen molar-refractivity contribution in [1.82, 2.24) is 15.1 Å². The number of hydrogen-bond acceptors (Lipinski definition) is 4. The molecule has 1 aliphatic heterocycles. The quantitative estimate of drug-likeness (QED) is 0.773. The zero-order valence-electron chi connectivity index (χ0n) is 12.4. The first-order chi connectivity index (χ1) is 9.10. The molecule has 19 heavy (non-hydrogen) atoms. The number of carbonyl (C=O) groups excluding carboxylic acids is 1. The molecule has 0 spiro atoms. The summed E-state index contributed by atoms with van der Waals surface area (Å²) in [5, 5.41) is 11.9. The zero-order valence-corrected chi connectivity index (χ0v) is 12.4. The number of nitrogens with zero attached hydrogens (tertiary/aromatic N) is 3. The SMILES string of the molecule is CCC(CC)NC(=O)CN1CCN(C(C)C#N)CC1. The van der Waals surface area contributed by atoms with Gasteiger partial charge in [-0.15, -0.1) is 0 Å². The van der Waals surface area contributed by atoms with E-state index in [9.17, 15) is 4.79 Å². The molecule has 1 fully saturated rings. The third kappa shape index (κ3) is 5.17. The second-order valence-corrected chi connectivity index (χ2v) is 5.20. The van der Waals surface area contributed by atoms with Gasteiger partial charge in [0.15, 0.2) is 0 Å². The normalized spacial score (nSPS) is 19.1. The third-order valence-electron chi connectivity index (χ3n) is 3.86. The number of hydrogen-bond donors (Lipinski definition) is 1. The summed E-state index contributed by atoms with van der Waals surface area (Å²) in [7, 11) is 0. The first-order valence-electron chi connectivity index (χ1n) is 7.26. The van der Waals surface area contributed by atoms with Crippen LogP contribution in [0.4, 0.5) is 0 Å². The average molecular weight is 266 g/mol. The minimum Gasteiger partial charge on any atom is -0.352 e. The second-order valence-electron chi connectivity index (χ2n) is 5.20. The van der Waals surface area contributed by atoms with E-state index in [2.05, 4.69) is 35.0 Å². The number of nitriles is 1. The van der Waals surface area contributed by atoms with Gasteiger partial charge in [-0.05, 0) is 19.8 Å². The van der Waals surface area contributed by atoms with E-state index in [0.29, 0.717) is 12.6 Å². The first kappa shape index (κ1) is 15.9. The van der Waals surface area contributed by atoms with E-state index < -0.39 is 0 Å². The Bertz CT molecular complexity index is 314. The zero-order chi connectivity index (χ0) is 14.3. The lowest BCUT2D eigenvalue weighted by Crippen LogP contribution is -2.52. The lowest BCUT2D eigenvalue weighted by Gasteiger charge is -2.35. The largest absolute Gasteiger partial charge is 0.352 e. The highest BCUT2D eigenvalue weighted by molar-refractivity contribution is 5.78. The maximum atomic E-state index is 11.9. The van der Waals surface area contributed by atoms with Crippen LogP contribution in [-0.2, 0) is 4.79 Å². The van der Waals surface area contributed by atoms with Gasteiger partial charge in [-0.2, -0.15) is 5.26 Å². The summed E-state index contributed by atoms with van der Waals surface area (Å²) in [4.78, 5) is 16.2. The number of rotatable bonds is 6. The van der Waals surface area contributed by atoms with Crippen LogP contribution in [0, 0.1) is 11.3 Å². The Hall–Kier alpha value is -1.12. The van der Waals surface area contributed by atoms with Crippen LogP contribution in [0.15, 0.2) is 0 Å². The lowest BCUT2D eigenvalue weighted by molar-refractivity contribution is -0.123. The van der Waals surface area contributed by atoms with E-state index in [1.54, 1.807) is 0 Å². The van der Waals surface area contributed by atoms with Crippen molar-refractivity contribution in [2.45, 2.75) is 45.7 Å². The molecule has 1 saturated heterocycles. The van der Waals surface area contributed by atoms with Crippen molar-refractivity contribution in [1.29, 1.82) is 5.26 Å². The monoisotopic (exact) mass is 266 g/mol. The smallest absolute Gasteiger partial charge is 0.234 e. The molecule has 0 aromatic rings. The second kappa shape index (κ2) is 8.13. The van der Waals surface area contributed by atoms with Crippen LogP contribution < -0.4 is 5.32 Å². The molecule has 1 amide bonds. The summed E-state index contributed by atoms with van der Waals surface area (Å²) >= 11 is 0. The molecule has 0 aromatic heterocycles. The van der Waals surface area contributed by atoms with E-state index in [0.717, 1.165) is 39.0 Å². The molecule has 5 heteroatoms. The molecule has 0 aromatic carbocycles. The maximum absolute atomic E-state index is 11.9. The number of nitrogens with one attached hydrogen (secondary N) is 1. The highest BCUT2D eigenvalue weighted by Gasteiger charge is 2.22. The van der Waals surface area contributed by atoms with Gasteiger partial charge in [-0.1, -0.05) is 13.8 Å². The molecule has 0 saturated carbocycles. The van der Waals surface area contributed by atoms with Gasteiger partial charge in [-0.25, -0.2) is 0 Å². The summed E-state index contributed by atoms with van der Waals surface area (Å²) in [5.41, 5.74) is 0. The Morgan fingerprint density at radius 3 is 2.32 bits per heavy atom. The van der Waals surface area contributed by atoms with Crippen LogP contribution in [0.25, 0.3) is 0 Å². The lowest BCUT2D eigenvalue weighted by atomic mass is 10.2. The topological polar surface area (TPSA) is 59.4 Å². The minimum atomic E-state index is -0.0273. The van der Waals surface area contributed by atoms with Crippen molar-refractivity contribution in [3.05, 3.63) is 0 Å². The maximum Gasteiger partial charge on any atom is 0.234 e. The molecule has 1 atom stereocenters. The highest BCUT2D eigenvalue weighted by atomic mass is 16.2. The van der Waals surface area contributed by atoms with Crippen molar-refractivity contribution in [3.63, 3.8) is 0 Å². The van der Waals surface area contributed by atoms with Gasteiger partial charge in [0.1, 0.15) is 0 Å². The highest BCUT2D eigenvalue weighted by Crippen LogP contribution is 2.05. The molecule has 1 heterocycles. The standard InChI is InChI=1S/C14H26N4O/c1-4-13(5-2)16-14(19)11-17-6-8-18(9-7-17)12(3)10-15/h12-13H,4-9,11H2,1-3H3,(H,16,19). The number of piperazine rings is 1. The van der Waals surface area contributed by atoms with Gasteiger partial charge >= 0.3 is 0 Å². The molecular formula is C14H26N4O. The molecule has 0 aliphatic carbocycles. The molecule has 5 nitrogen and oxygen atoms in total. The van der Waals surface area contributed by atoms with Crippen molar-refractivity contribution in [2.75, 3.05) is 32.7 Å². The van der Waals surface area contributed by atoms with E-state index in [1.165, 1.54) is 0 Å². The molecule has 1 N–H and O–H groups in total. The summed E-state index contributed by atoms with van der Waals surface area (Å²) < 4.78 is 0. The number of amides is 1. The molecule has 1 rings (SSSR count). The van der Waals surface area contributed by atoms with E-state index in [1.807, 2.05) is 6.92 Å². The predicted octanol–water partition coefficient (Wildman–Crippen LogP) is 0.821. The summed E-state index contributed by atoms with van der Waals surface area (Å²) in [5.74, 6) is 0.121. The van der Waals surface area contributed by atoms with Crippen molar-refractivity contribution < 1.29 is 4.79 Å². The van der Waals surface area contributed by atoms with Gasteiger partial charge in [-0.3, -0.25) is 14.6 Å². The van der Waals surface area contributed by atoms with E-state index >= 15 is 0 Å². The van der Waals surface area contributed by atoms with Gasteiger partial charge in [0.2, 0.25) is 5.91 Å². The Balaban J connectivity index is 2.29. The van der Waals surface area contributed by atoms with Crippen molar-refractivity contribution >= 4 is 5.91 Å². The fourth-order valence-electron chi connectivity index (χ4n) is 2.36. The number of carbonyl (C=O) groups is 1. The molecule has 1 unspecified atom stereocenters.